The molecule has 1 heterocycles. The van der Waals surface area contributed by atoms with Crippen molar-refractivity contribution in [1.29, 1.82) is 0 Å². The summed E-state index contributed by atoms with van der Waals surface area (Å²) >= 11 is 0. The first-order valence-electron chi connectivity index (χ1n) is 4.41. The molecule has 1 aliphatic carbocycles. The van der Waals surface area contributed by atoms with E-state index in [4.69, 9.17) is 0 Å². The van der Waals surface area contributed by atoms with Gasteiger partial charge in [0.25, 0.3) is 0 Å². The van der Waals surface area contributed by atoms with Crippen molar-refractivity contribution in [3.63, 3.8) is 0 Å². The van der Waals surface area contributed by atoms with Crippen molar-refractivity contribution in [3.05, 3.63) is 0 Å². The zero-order valence-electron chi connectivity index (χ0n) is 7.06. The van der Waals surface area contributed by atoms with Gasteiger partial charge in [-0.1, -0.05) is 6.92 Å². The molecule has 0 aromatic carbocycles. The summed E-state index contributed by atoms with van der Waals surface area (Å²) in [5.74, 6) is 1.02. The van der Waals surface area contributed by atoms with E-state index in [9.17, 15) is 0 Å². The van der Waals surface area contributed by atoms with Crippen LogP contribution >= 0.6 is 0 Å². The second-order valence-electron chi connectivity index (χ2n) is 4.31. The lowest BCUT2D eigenvalue weighted by Gasteiger charge is -2.30. The molecule has 2 aliphatic rings. The molecule has 2 atom stereocenters. The maximum Gasteiger partial charge on any atom is 0.00376 e. The molecule has 0 aromatic rings. The fourth-order valence-corrected chi connectivity index (χ4v) is 2.52. The van der Waals surface area contributed by atoms with Crippen molar-refractivity contribution in [2.24, 2.45) is 11.3 Å². The van der Waals surface area contributed by atoms with Crippen molar-refractivity contribution in [2.45, 2.75) is 26.2 Å². The highest BCUT2D eigenvalue weighted by Gasteiger charge is 2.51. The smallest absolute Gasteiger partial charge is 0.00376 e. The van der Waals surface area contributed by atoms with Crippen molar-refractivity contribution in [1.82, 2.24) is 4.90 Å². The van der Waals surface area contributed by atoms with Gasteiger partial charge in [-0.25, -0.2) is 0 Å². The van der Waals surface area contributed by atoms with Crippen molar-refractivity contribution in [3.8, 4) is 0 Å². The van der Waals surface area contributed by atoms with Crippen molar-refractivity contribution < 1.29 is 0 Å². The molecule has 1 aliphatic heterocycles. The summed E-state index contributed by atoms with van der Waals surface area (Å²) < 4.78 is 0. The molecule has 0 aromatic heterocycles. The topological polar surface area (TPSA) is 3.24 Å². The van der Waals surface area contributed by atoms with Gasteiger partial charge in [-0.3, -0.25) is 0 Å². The normalized spacial score (nSPS) is 48.0. The summed E-state index contributed by atoms with van der Waals surface area (Å²) in [6.45, 7) is 5.10. The monoisotopic (exact) mass is 139 g/mol. The first-order chi connectivity index (χ1) is 4.73. The lowest BCUT2D eigenvalue weighted by atomic mass is 9.93. The summed E-state index contributed by atoms with van der Waals surface area (Å²) in [6, 6.07) is 0. The van der Waals surface area contributed by atoms with Crippen LogP contribution in [-0.4, -0.2) is 25.0 Å². The first-order valence-corrected chi connectivity index (χ1v) is 4.41. The molecule has 1 spiro atoms. The van der Waals surface area contributed by atoms with Crippen LogP contribution in [0.25, 0.3) is 0 Å². The molecule has 2 fully saturated rings. The lowest BCUT2D eigenvalue weighted by Crippen LogP contribution is -2.33. The SMILES string of the molecule is C[C@@H]1C[C@]12CCCN(C)C2. The Kier molecular flexibility index (Phi) is 1.31. The molecule has 2 rings (SSSR count). The summed E-state index contributed by atoms with van der Waals surface area (Å²) in [5, 5.41) is 0. The van der Waals surface area contributed by atoms with Crippen LogP contribution in [0.3, 0.4) is 0 Å². The molecule has 58 valence electrons. The van der Waals surface area contributed by atoms with Crippen LogP contribution in [0, 0.1) is 11.3 Å². The minimum absolute atomic E-state index is 0.785. The van der Waals surface area contributed by atoms with Crippen LogP contribution in [0.2, 0.25) is 0 Å². The Balaban J connectivity index is 1.99. The van der Waals surface area contributed by atoms with Gasteiger partial charge >= 0.3 is 0 Å². The van der Waals surface area contributed by atoms with Crippen LogP contribution in [0.1, 0.15) is 26.2 Å². The summed E-state index contributed by atoms with van der Waals surface area (Å²) in [7, 11) is 2.26. The number of nitrogens with zero attached hydrogens (tertiary/aromatic N) is 1. The lowest BCUT2D eigenvalue weighted by molar-refractivity contribution is 0.183. The molecule has 0 radical (unpaired) electrons. The van der Waals surface area contributed by atoms with Gasteiger partial charge in [-0.05, 0) is 44.2 Å². The van der Waals surface area contributed by atoms with Crippen LogP contribution in [0.15, 0.2) is 0 Å². The molecular weight excluding hydrogens is 122 g/mol. The number of hydrogen-bond donors (Lipinski definition) is 0. The third-order valence-electron chi connectivity index (χ3n) is 3.40. The minimum atomic E-state index is 0.785. The molecule has 0 amide bonds. The highest BCUT2D eigenvalue weighted by molar-refractivity contribution is 5.03. The highest BCUT2D eigenvalue weighted by Crippen LogP contribution is 2.57. The third-order valence-corrected chi connectivity index (χ3v) is 3.40. The van der Waals surface area contributed by atoms with Gasteiger partial charge in [0.05, 0.1) is 0 Å². The second kappa shape index (κ2) is 1.97. The van der Waals surface area contributed by atoms with E-state index in [0.29, 0.717) is 0 Å². The molecular formula is C9H17N. The van der Waals surface area contributed by atoms with E-state index in [1.165, 1.54) is 32.4 Å². The average Bonchev–Trinajstić information content (AvgIpc) is 2.41. The molecule has 1 saturated heterocycles. The molecule has 1 heteroatoms. The zero-order chi connectivity index (χ0) is 7.19. The molecule has 0 bridgehead atoms. The summed E-state index contributed by atoms with van der Waals surface area (Å²) in [6.07, 6.45) is 4.43. The zero-order valence-corrected chi connectivity index (χ0v) is 7.06. The van der Waals surface area contributed by atoms with E-state index < -0.39 is 0 Å². The van der Waals surface area contributed by atoms with Gasteiger partial charge in [0.15, 0.2) is 0 Å². The highest BCUT2D eigenvalue weighted by atomic mass is 15.1. The van der Waals surface area contributed by atoms with Gasteiger partial charge in [0.2, 0.25) is 0 Å². The Labute approximate surface area is 63.4 Å². The van der Waals surface area contributed by atoms with Gasteiger partial charge < -0.3 is 4.90 Å². The maximum absolute atomic E-state index is 2.49. The maximum atomic E-state index is 2.49. The Hall–Kier alpha value is -0.0400. The predicted molar refractivity (Wildman–Crippen MR) is 42.9 cm³/mol. The standard InChI is InChI=1S/C9H17N/c1-8-6-9(8)4-3-5-10(2)7-9/h8H,3-7H2,1-2H3/t8-,9+/m1/s1. The van der Waals surface area contributed by atoms with Gasteiger partial charge in [-0.2, -0.15) is 0 Å². The van der Waals surface area contributed by atoms with Gasteiger partial charge in [-0.15, -0.1) is 0 Å². The molecule has 1 saturated carbocycles. The van der Waals surface area contributed by atoms with E-state index in [1.807, 2.05) is 0 Å². The van der Waals surface area contributed by atoms with E-state index >= 15 is 0 Å². The summed E-state index contributed by atoms with van der Waals surface area (Å²) in [5.41, 5.74) is 0.785. The molecule has 0 N–H and O–H groups in total. The first kappa shape index (κ1) is 6.66. The van der Waals surface area contributed by atoms with Gasteiger partial charge in [0.1, 0.15) is 0 Å². The van der Waals surface area contributed by atoms with E-state index in [2.05, 4.69) is 18.9 Å². The predicted octanol–water partition coefficient (Wildman–Crippen LogP) is 1.74. The fourth-order valence-electron chi connectivity index (χ4n) is 2.52. The Morgan fingerprint density at radius 1 is 1.50 bits per heavy atom. The van der Waals surface area contributed by atoms with Crippen LogP contribution in [-0.2, 0) is 0 Å². The molecule has 1 nitrogen and oxygen atoms in total. The number of piperidine rings is 1. The van der Waals surface area contributed by atoms with Crippen LogP contribution in [0.4, 0.5) is 0 Å². The number of hydrogen-bond acceptors (Lipinski definition) is 1. The van der Waals surface area contributed by atoms with Crippen LogP contribution < -0.4 is 0 Å². The van der Waals surface area contributed by atoms with Gasteiger partial charge in [0, 0.05) is 6.54 Å². The average molecular weight is 139 g/mol. The Morgan fingerprint density at radius 3 is 2.60 bits per heavy atom. The van der Waals surface area contributed by atoms with E-state index in [-0.39, 0.29) is 0 Å². The van der Waals surface area contributed by atoms with E-state index in [1.54, 1.807) is 0 Å². The van der Waals surface area contributed by atoms with Crippen LogP contribution in [0.5, 0.6) is 0 Å². The Morgan fingerprint density at radius 2 is 2.20 bits per heavy atom. The molecule has 10 heavy (non-hydrogen) atoms. The number of likely N-dealkylation sites (tertiary alicyclic amines) is 1. The minimum Gasteiger partial charge on any atom is -0.306 e. The third kappa shape index (κ3) is 0.878. The number of rotatable bonds is 0. The largest absolute Gasteiger partial charge is 0.306 e. The summed E-state index contributed by atoms with van der Waals surface area (Å²) in [4.78, 5) is 2.49. The quantitative estimate of drug-likeness (QED) is 0.494. The molecule has 0 unspecified atom stereocenters. The van der Waals surface area contributed by atoms with Crippen molar-refractivity contribution >= 4 is 0 Å². The van der Waals surface area contributed by atoms with E-state index in [0.717, 1.165) is 11.3 Å². The van der Waals surface area contributed by atoms with Crippen molar-refractivity contribution in [2.75, 3.05) is 20.1 Å². The second-order valence-corrected chi connectivity index (χ2v) is 4.31. The Bertz CT molecular complexity index is 144. The fraction of sp³-hybridized carbons (Fsp3) is 1.00.